The minimum Gasteiger partial charge on any atom is -0.481 e. The summed E-state index contributed by atoms with van der Waals surface area (Å²) in [5.74, 6) is 1.19. The monoisotopic (exact) mass is 391 g/mol. The first-order chi connectivity index (χ1) is 14.2. The van der Waals surface area contributed by atoms with E-state index in [1.54, 1.807) is 19.4 Å². The zero-order valence-corrected chi connectivity index (χ0v) is 16.8. The minimum atomic E-state index is -0.0299. The van der Waals surface area contributed by atoms with E-state index in [2.05, 4.69) is 16.9 Å². The molecule has 4 rings (SSSR count). The standard InChI is InChI=1S/C22H25N5O2/c1-25-11-6-12-26(14-13-25)22(28)19-16-27(18-7-4-3-5-8-18)21(24-19)17-9-10-20(29-2)23-15-17/h3-5,7-10,15-16H,6,11-14H2,1-2H3. The maximum absolute atomic E-state index is 13.2. The van der Waals surface area contributed by atoms with Gasteiger partial charge in [0.15, 0.2) is 0 Å². The third-order valence-corrected chi connectivity index (χ3v) is 5.17. The van der Waals surface area contributed by atoms with E-state index in [9.17, 15) is 4.79 Å². The lowest BCUT2D eigenvalue weighted by molar-refractivity contribution is 0.0757. The predicted molar refractivity (Wildman–Crippen MR) is 111 cm³/mol. The van der Waals surface area contributed by atoms with Crippen molar-refractivity contribution in [3.8, 4) is 23.0 Å². The number of nitrogens with zero attached hydrogens (tertiary/aromatic N) is 5. The topological polar surface area (TPSA) is 63.5 Å². The number of pyridine rings is 1. The van der Waals surface area contributed by atoms with Gasteiger partial charge in [-0.3, -0.25) is 9.36 Å². The maximum atomic E-state index is 13.2. The Balaban J connectivity index is 1.72. The SMILES string of the molecule is COc1ccc(-c2nc(C(=O)N3CCCN(C)CC3)cn2-c2ccccc2)cn1. The first kappa shape index (κ1) is 19.1. The number of hydrogen-bond acceptors (Lipinski definition) is 5. The number of amides is 1. The Labute approximate surface area is 170 Å². The molecule has 3 aromatic rings. The molecule has 1 fully saturated rings. The molecule has 3 heterocycles. The summed E-state index contributed by atoms with van der Waals surface area (Å²) in [5, 5.41) is 0. The number of hydrogen-bond donors (Lipinski definition) is 0. The lowest BCUT2D eigenvalue weighted by Crippen LogP contribution is -2.34. The number of benzene rings is 1. The van der Waals surface area contributed by atoms with Crippen molar-refractivity contribution in [2.45, 2.75) is 6.42 Å². The minimum absolute atomic E-state index is 0.0299. The lowest BCUT2D eigenvalue weighted by atomic mass is 10.2. The molecule has 0 spiro atoms. The fourth-order valence-electron chi connectivity index (χ4n) is 3.52. The average Bonchev–Trinajstić information content (AvgIpc) is 3.10. The van der Waals surface area contributed by atoms with Crippen LogP contribution in [0, 0.1) is 0 Å². The van der Waals surface area contributed by atoms with Crippen molar-refractivity contribution in [2.75, 3.05) is 40.3 Å². The lowest BCUT2D eigenvalue weighted by Gasteiger charge is -2.19. The molecule has 0 aliphatic carbocycles. The molecule has 2 aromatic heterocycles. The third-order valence-electron chi connectivity index (χ3n) is 5.17. The predicted octanol–water partition coefficient (Wildman–Crippen LogP) is 2.72. The van der Waals surface area contributed by atoms with Crippen LogP contribution in [0.15, 0.2) is 54.9 Å². The van der Waals surface area contributed by atoms with Gasteiger partial charge in [-0.15, -0.1) is 0 Å². The molecule has 0 N–H and O–H groups in total. The Kier molecular flexibility index (Phi) is 5.57. The highest BCUT2D eigenvalue weighted by molar-refractivity contribution is 5.93. The van der Waals surface area contributed by atoms with Gasteiger partial charge in [0.2, 0.25) is 5.88 Å². The van der Waals surface area contributed by atoms with Crippen molar-refractivity contribution in [3.05, 3.63) is 60.6 Å². The molecule has 0 unspecified atom stereocenters. The van der Waals surface area contributed by atoms with E-state index in [0.717, 1.165) is 37.3 Å². The smallest absolute Gasteiger partial charge is 0.274 e. The van der Waals surface area contributed by atoms with Crippen LogP contribution in [-0.4, -0.2) is 70.6 Å². The molecule has 0 bridgehead atoms. The van der Waals surface area contributed by atoms with Crippen molar-refractivity contribution >= 4 is 5.91 Å². The summed E-state index contributed by atoms with van der Waals surface area (Å²) in [6.45, 7) is 3.35. The molecule has 7 heteroatoms. The fraction of sp³-hybridized carbons (Fsp3) is 0.318. The molecule has 0 atom stereocenters. The number of rotatable bonds is 4. The number of likely N-dealkylation sites (N-methyl/N-ethyl adjacent to an activating group) is 1. The van der Waals surface area contributed by atoms with Gasteiger partial charge >= 0.3 is 0 Å². The van der Waals surface area contributed by atoms with E-state index in [1.807, 2.05) is 52.1 Å². The fourth-order valence-corrected chi connectivity index (χ4v) is 3.52. The van der Waals surface area contributed by atoms with E-state index in [0.29, 0.717) is 23.9 Å². The second kappa shape index (κ2) is 8.45. The molecule has 1 amide bonds. The molecule has 0 saturated carbocycles. The van der Waals surface area contributed by atoms with E-state index >= 15 is 0 Å². The molecular weight excluding hydrogens is 366 g/mol. The highest BCUT2D eigenvalue weighted by atomic mass is 16.5. The first-order valence-electron chi connectivity index (χ1n) is 9.79. The van der Waals surface area contributed by atoms with Gasteiger partial charge in [-0.2, -0.15) is 0 Å². The first-order valence-corrected chi connectivity index (χ1v) is 9.79. The highest BCUT2D eigenvalue weighted by Gasteiger charge is 2.23. The Hall–Kier alpha value is -3.19. The van der Waals surface area contributed by atoms with E-state index in [1.165, 1.54) is 0 Å². The maximum Gasteiger partial charge on any atom is 0.274 e. The second-order valence-corrected chi connectivity index (χ2v) is 7.19. The second-order valence-electron chi connectivity index (χ2n) is 7.19. The van der Waals surface area contributed by atoms with Gasteiger partial charge in [0.25, 0.3) is 5.91 Å². The van der Waals surface area contributed by atoms with Gasteiger partial charge in [0.05, 0.1) is 7.11 Å². The zero-order valence-electron chi connectivity index (χ0n) is 16.8. The Morgan fingerprint density at radius 1 is 1.03 bits per heavy atom. The van der Waals surface area contributed by atoms with Gasteiger partial charge in [-0.25, -0.2) is 9.97 Å². The van der Waals surface area contributed by atoms with Crippen LogP contribution in [0.25, 0.3) is 17.1 Å². The quantitative estimate of drug-likeness (QED) is 0.684. The molecular formula is C22H25N5O2. The molecule has 1 saturated heterocycles. The molecule has 1 aliphatic heterocycles. The molecule has 1 aromatic carbocycles. The van der Waals surface area contributed by atoms with E-state index < -0.39 is 0 Å². The zero-order chi connectivity index (χ0) is 20.2. The molecule has 0 radical (unpaired) electrons. The van der Waals surface area contributed by atoms with Crippen LogP contribution in [0.1, 0.15) is 16.9 Å². The van der Waals surface area contributed by atoms with Crippen molar-refractivity contribution in [2.24, 2.45) is 0 Å². The Morgan fingerprint density at radius 2 is 1.86 bits per heavy atom. The number of carbonyl (C=O) groups is 1. The van der Waals surface area contributed by atoms with Crippen LogP contribution in [0.5, 0.6) is 5.88 Å². The third kappa shape index (κ3) is 4.14. The normalized spacial score (nSPS) is 15.2. The van der Waals surface area contributed by atoms with Crippen LogP contribution in [0.2, 0.25) is 0 Å². The Bertz CT molecular complexity index is 969. The van der Waals surface area contributed by atoms with E-state index in [-0.39, 0.29) is 5.91 Å². The largest absolute Gasteiger partial charge is 0.481 e. The summed E-state index contributed by atoms with van der Waals surface area (Å²) in [6, 6.07) is 13.6. The summed E-state index contributed by atoms with van der Waals surface area (Å²) in [6.07, 6.45) is 4.51. The van der Waals surface area contributed by atoms with Crippen molar-refractivity contribution < 1.29 is 9.53 Å². The molecule has 29 heavy (non-hydrogen) atoms. The van der Waals surface area contributed by atoms with Gasteiger partial charge in [0.1, 0.15) is 11.5 Å². The number of methoxy groups -OCH3 is 1. The van der Waals surface area contributed by atoms with E-state index in [4.69, 9.17) is 9.72 Å². The summed E-state index contributed by atoms with van der Waals surface area (Å²) < 4.78 is 7.11. The van der Waals surface area contributed by atoms with Gasteiger partial charge in [0, 0.05) is 49.3 Å². The Morgan fingerprint density at radius 3 is 2.59 bits per heavy atom. The molecule has 1 aliphatic rings. The van der Waals surface area contributed by atoms with Gasteiger partial charge in [-0.1, -0.05) is 18.2 Å². The molecule has 7 nitrogen and oxygen atoms in total. The molecule has 150 valence electrons. The van der Waals surface area contributed by atoms with Crippen LogP contribution < -0.4 is 4.74 Å². The summed E-state index contributed by atoms with van der Waals surface area (Å²) in [4.78, 5) is 26.3. The van der Waals surface area contributed by atoms with Crippen LogP contribution in [0.4, 0.5) is 0 Å². The number of aromatic nitrogens is 3. The van der Waals surface area contributed by atoms with Gasteiger partial charge < -0.3 is 14.5 Å². The summed E-state index contributed by atoms with van der Waals surface area (Å²) in [5.41, 5.74) is 2.22. The number of imidazole rings is 1. The van der Waals surface area contributed by atoms with Crippen LogP contribution >= 0.6 is 0 Å². The highest BCUT2D eigenvalue weighted by Crippen LogP contribution is 2.24. The van der Waals surface area contributed by atoms with Crippen molar-refractivity contribution in [1.82, 2.24) is 24.3 Å². The van der Waals surface area contributed by atoms with Crippen LogP contribution in [-0.2, 0) is 0 Å². The average molecular weight is 391 g/mol. The summed E-state index contributed by atoms with van der Waals surface area (Å²) >= 11 is 0. The number of ether oxygens (including phenoxy) is 1. The van der Waals surface area contributed by atoms with Gasteiger partial charge in [-0.05, 0) is 38.2 Å². The number of carbonyl (C=O) groups excluding carboxylic acids is 1. The summed E-state index contributed by atoms with van der Waals surface area (Å²) in [7, 11) is 3.68. The number of para-hydroxylation sites is 1. The van der Waals surface area contributed by atoms with Crippen molar-refractivity contribution in [3.63, 3.8) is 0 Å². The van der Waals surface area contributed by atoms with Crippen LogP contribution in [0.3, 0.4) is 0 Å². The van der Waals surface area contributed by atoms with Crippen molar-refractivity contribution in [1.29, 1.82) is 0 Å².